The zero-order valence-corrected chi connectivity index (χ0v) is 11.3. The minimum atomic E-state index is -0.777. The van der Waals surface area contributed by atoms with Gasteiger partial charge in [-0.05, 0) is 57.9 Å². The summed E-state index contributed by atoms with van der Waals surface area (Å²) in [5.41, 5.74) is 2.69. The molecule has 1 aromatic heterocycles. The molecule has 1 heterocycles. The van der Waals surface area contributed by atoms with Gasteiger partial charge in [0, 0.05) is 23.1 Å². The molecule has 0 aliphatic heterocycles. The van der Waals surface area contributed by atoms with E-state index in [1.165, 1.54) is 16.5 Å². The first-order valence-electron chi connectivity index (χ1n) is 6.15. The highest BCUT2D eigenvalue weighted by Gasteiger charge is 2.17. The van der Waals surface area contributed by atoms with Crippen LogP contribution < -0.4 is 0 Å². The van der Waals surface area contributed by atoms with E-state index < -0.39 is 5.60 Å². The summed E-state index contributed by atoms with van der Waals surface area (Å²) in [5.74, 6) is 0. The van der Waals surface area contributed by atoms with Crippen LogP contribution >= 0.6 is 0 Å². The first-order valence-corrected chi connectivity index (χ1v) is 6.15. The van der Waals surface area contributed by atoms with Crippen LogP contribution in [0.15, 0.2) is 24.4 Å². The maximum atomic E-state index is 10.0. The third kappa shape index (κ3) is 2.09. The van der Waals surface area contributed by atoms with Crippen LogP contribution in [0.1, 0.15) is 44.9 Å². The quantitative estimate of drug-likeness (QED) is 0.836. The summed E-state index contributed by atoms with van der Waals surface area (Å²) in [6.45, 7) is 10.1. The van der Waals surface area contributed by atoms with Crippen LogP contribution in [-0.2, 0) is 5.60 Å². The number of rotatable bonds is 2. The lowest BCUT2D eigenvalue weighted by Gasteiger charge is -2.18. The number of fused-ring (bicyclic) bond motifs is 1. The van der Waals surface area contributed by atoms with Crippen LogP contribution in [0.2, 0.25) is 0 Å². The van der Waals surface area contributed by atoms with Gasteiger partial charge in [-0.15, -0.1) is 0 Å². The molecule has 0 saturated heterocycles. The van der Waals surface area contributed by atoms with E-state index in [2.05, 4.69) is 43.7 Å². The highest BCUT2D eigenvalue weighted by atomic mass is 16.3. The van der Waals surface area contributed by atoms with Gasteiger partial charge in [0.05, 0.1) is 5.60 Å². The number of hydrogen-bond acceptors (Lipinski definition) is 1. The van der Waals surface area contributed by atoms with Gasteiger partial charge in [-0.25, -0.2) is 0 Å². The van der Waals surface area contributed by atoms with E-state index in [1.807, 2.05) is 19.9 Å². The third-order valence-corrected chi connectivity index (χ3v) is 3.30. The molecule has 1 N–H and O–H groups in total. The van der Waals surface area contributed by atoms with Crippen LogP contribution in [0.3, 0.4) is 0 Å². The SMILES string of the molecule is Cc1cn(C(C)C)c2ccc(C(C)(C)O)cc12. The fourth-order valence-corrected chi connectivity index (χ4v) is 2.23. The van der Waals surface area contributed by atoms with Gasteiger partial charge >= 0.3 is 0 Å². The molecule has 0 spiro atoms. The van der Waals surface area contributed by atoms with Gasteiger partial charge in [-0.2, -0.15) is 0 Å². The molecule has 0 saturated carbocycles. The Morgan fingerprint density at radius 3 is 2.41 bits per heavy atom. The third-order valence-electron chi connectivity index (χ3n) is 3.30. The summed E-state index contributed by atoms with van der Waals surface area (Å²) in [7, 11) is 0. The van der Waals surface area contributed by atoms with E-state index in [1.54, 1.807) is 0 Å². The van der Waals surface area contributed by atoms with E-state index >= 15 is 0 Å². The summed E-state index contributed by atoms with van der Waals surface area (Å²) in [6, 6.07) is 6.68. The minimum Gasteiger partial charge on any atom is -0.386 e. The minimum absolute atomic E-state index is 0.458. The maximum Gasteiger partial charge on any atom is 0.0840 e. The van der Waals surface area contributed by atoms with Crippen molar-refractivity contribution >= 4 is 10.9 Å². The Morgan fingerprint density at radius 2 is 1.88 bits per heavy atom. The van der Waals surface area contributed by atoms with E-state index in [0.29, 0.717) is 6.04 Å². The standard InChI is InChI=1S/C15H21NO/c1-10(2)16-9-11(3)13-8-12(15(4,5)17)6-7-14(13)16/h6-10,17H,1-5H3. The van der Waals surface area contributed by atoms with E-state index in [4.69, 9.17) is 0 Å². The predicted molar refractivity (Wildman–Crippen MR) is 72.3 cm³/mol. The Bertz CT molecular complexity index is 544. The fourth-order valence-electron chi connectivity index (χ4n) is 2.23. The lowest BCUT2D eigenvalue weighted by molar-refractivity contribution is 0.0787. The van der Waals surface area contributed by atoms with E-state index in [0.717, 1.165) is 5.56 Å². The average molecular weight is 231 g/mol. The molecule has 0 radical (unpaired) electrons. The summed E-state index contributed by atoms with van der Waals surface area (Å²) in [4.78, 5) is 0. The van der Waals surface area contributed by atoms with Crippen molar-refractivity contribution in [1.82, 2.24) is 4.57 Å². The van der Waals surface area contributed by atoms with Crippen molar-refractivity contribution in [3.05, 3.63) is 35.5 Å². The number of aromatic nitrogens is 1. The summed E-state index contributed by atoms with van der Waals surface area (Å²) in [5, 5.41) is 11.3. The van der Waals surface area contributed by atoms with Crippen LogP contribution in [0, 0.1) is 6.92 Å². The molecular weight excluding hydrogens is 210 g/mol. The Labute approximate surface area is 103 Å². The Balaban J connectivity index is 2.68. The van der Waals surface area contributed by atoms with Gasteiger partial charge in [-0.1, -0.05) is 6.07 Å². The zero-order valence-electron chi connectivity index (χ0n) is 11.3. The van der Waals surface area contributed by atoms with Gasteiger partial charge in [-0.3, -0.25) is 0 Å². The van der Waals surface area contributed by atoms with Crippen LogP contribution in [0.4, 0.5) is 0 Å². The van der Waals surface area contributed by atoms with Crippen LogP contribution in [0.25, 0.3) is 10.9 Å². The maximum absolute atomic E-state index is 10.0. The average Bonchev–Trinajstić information content (AvgIpc) is 2.55. The molecule has 17 heavy (non-hydrogen) atoms. The zero-order chi connectivity index (χ0) is 12.8. The topological polar surface area (TPSA) is 25.2 Å². The highest BCUT2D eigenvalue weighted by molar-refractivity contribution is 5.84. The molecule has 92 valence electrons. The Hall–Kier alpha value is -1.28. The summed E-state index contributed by atoms with van der Waals surface area (Å²) >= 11 is 0. The largest absolute Gasteiger partial charge is 0.386 e. The smallest absolute Gasteiger partial charge is 0.0840 e. The first kappa shape index (κ1) is 12.2. The van der Waals surface area contributed by atoms with E-state index in [9.17, 15) is 5.11 Å². The molecule has 1 aromatic carbocycles. The molecule has 2 nitrogen and oxygen atoms in total. The number of nitrogens with zero attached hydrogens (tertiary/aromatic N) is 1. The molecule has 0 unspecified atom stereocenters. The Morgan fingerprint density at radius 1 is 1.24 bits per heavy atom. The van der Waals surface area contributed by atoms with Crippen LogP contribution in [0.5, 0.6) is 0 Å². The second-order valence-corrected chi connectivity index (χ2v) is 5.60. The molecule has 0 atom stereocenters. The molecular formula is C15H21NO. The van der Waals surface area contributed by atoms with Gasteiger partial charge in [0.25, 0.3) is 0 Å². The lowest BCUT2D eigenvalue weighted by Crippen LogP contribution is -2.15. The normalized spacial score (nSPS) is 12.6. The Kier molecular flexibility index (Phi) is 2.78. The molecule has 2 heteroatoms. The molecule has 2 aromatic rings. The number of hydrogen-bond donors (Lipinski definition) is 1. The van der Waals surface area contributed by atoms with Gasteiger partial charge in [0.2, 0.25) is 0 Å². The second kappa shape index (κ2) is 3.88. The molecule has 0 bridgehead atoms. The van der Waals surface area contributed by atoms with Gasteiger partial charge in [0.1, 0.15) is 0 Å². The summed E-state index contributed by atoms with van der Waals surface area (Å²) < 4.78 is 2.28. The molecule has 2 rings (SSSR count). The summed E-state index contributed by atoms with van der Waals surface area (Å²) in [6.07, 6.45) is 2.18. The van der Waals surface area contributed by atoms with Crippen molar-refractivity contribution < 1.29 is 5.11 Å². The van der Waals surface area contributed by atoms with Gasteiger partial charge < -0.3 is 9.67 Å². The monoisotopic (exact) mass is 231 g/mol. The van der Waals surface area contributed by atoms with E-state index in [-0.39, 0.29) is 0 Å². The van der Waals surface area contributed by atoms with Crippen LogP contribution in [-0.4, -0.2) is 9.67 Å². The number of aryl methyl sites for hydroxylation is 1. The second-order valence-electron chi connectivity index (χ2n) is 5.60. The number of aliphatic hydroxyl groups is 1. The highest BCUT2D eigenvalue weighted by Crippen LogP contribution is 2.29. The van der Waals surface area contributed by atoms with Crippen molar-refractivity contribution in [2.75, 3.05) is 0 Å². The predicted octanol–water partition coefficient (Wildman–Crippen LogP) is 3.76. The first-order chi connectivity index (χ1) is 7.80. The van der Waals surface area contributed by atoms with Crippen molar-refractivity contribution in [2.45, 2.75) is 46.3 Å². The lowest BCUT2D eigenvalue weighted by atomic mass is 9.96. The number of benzene rings is 1. The molecule has 0 amide bonds. The fraction of sp³-hybridized carbons (Fsp3) is 0.467. The van der Waals surface area contributed by atoms with Gasteiger partial charge in [0.15, 0.2) is 0 Å². The van der Waals surface area contributed by atoms with Crippen molar-refractivity contribution in [3.63, 3.8) is 0 Å². The molecule has 0 aliphatic rings. The van der Waals surface area contributed by atoms with Crippen molar-refractivity contribution in [3.8, 4) is 0 Å². The van der Waals surface area contributed by atoms with Crippen molar-refractivity contribution in [1.29, 1.82) is 0 Å². The molecule has 0 fully saturated rings. The van der Waals surface area contributed by atoms with Crippen molar-refractivity contribution in [2.24, 2.45) is 0 Å². The molecule has 0 aliphatic carbocycles.